The van der Waals surface area contributed by atoms with Crippen LogP contribution in [0, 0.1) is 10.1 Å². The molecule has 2 aliphatic rings. The van der Waals surface area contributed by atoms with Crippen LogP contribution in [0.4, 0.5) is 5.69 Å². The Kier molecular flexibility index (Phi) is 5.25. The number of Topliss-reactive ketones (excluding diaryl/α,β-unsaturated/α-hetero) is 1. The predicted octanol–water partition coefficient (Wildman–Crippen LogP) is 1.56. The molecule has 2 saturated heterocycles. The Morgan fingerprint density at radius 2 is 2.06 bits per heavy atom. The summed E-state index contributed by atoms with van der Waals surface area (Å²) in [6.07, 6.45) is 1.87. The van der Waals surface area contributed by atoms with Gasteiger partial charge in [-0.1, -0.05) is 5.21 Å². The lowest BCUT2D eigenvalue weighted by Gasteiger charge is -2.37. The van der Waals surface area contributed by atoms with E-state index in [-0.39, 0.29) is 41.6 Å². The van der Waals surface area contributed by atoms with Gasteiger partial charge < -0.3 is 9.64 Å². The maximum atomic E-state index is 13.0. The van der Waals surface area contributed by atoms with Gasteiger partial charge in [0.1, 0.15) is 18.3 Å². The van der Waals surface area contributed by atoms with Crippen molar-refractivity contribution in [2.45, 2.75) is 49.6 Å². The summed E-state index contributed by atoms with van der Waals surface area (Å²) in [5.74, 6) is -0.897. The number of rotatable bonds is 7. The number of nitro benzene ring substituents is 1. The number of ether oxygens (including phenoxy) is 1. The molecule has 2 aromatic rings. The van der Waals surface area contributed by atoms with Crippen molar-refractivity contribution in [3.05, 3.63) is 51.8 Å². The molecular weight excluding hydrogens is 426 g/mol. The van der Waals surface area contributed by atoms with E-state index in [9.17, 15) is 24.5 Å². The van der Waals surface area contributed by atoms with Gasteiger partial charge in [-0.15, -0.1) is 16.9 Å². The van der Waals surface area contributed by atoms with Crippen molar-refractivity contribution in [3.63, 3.8) is 0 Å². The number of carbonyl (C=O) groups is 3. The standard InChI is InChI=1S/C19H19N5O6S/c1-11(25)14-8-22(21-20-14)10-19(2)17(23-15(26)7-16(23)31-19)18(27)30-9-12-3-5-13(6-4-12)24(28)29/h3-6,8,16-17H,7,9-10H2,1-2H3/t16-,17+,19+/m1/s1. The molecule has 1 aromatic carbocycles. The van der Waals surface area contributed by atoms with Gasteiger partial charge >= 0.3 is 5.97 Å². The Hall–Kier alpha value is -3.28. The minimum atomic E-state index is -0.827. The van der Waals surface area contributed by atoms with Crippen LogP contribution >= 0.6 is 11.8 Å². The summed E-state index contributed by atoms with van der Waals surface area (Å²) in [6.45, 7) is 3.44. The number of hydrogen-bond acceptors (Lipinski definition) is 9. The third-order valence-corrected chi connectivity index (χ3v) is 6.89. The first-order valence-corrected chi connectivity index (χ1v) is 10.4. The van der Waals surface area contributed by atoms with Crippen LogP contribution < -0.4 is 0 Å². The number of β-lactam (4-membered cyclic amide) rings is 1. The van der Waals surface area contributed by atoms with Crippen LogP contribution in [0.5, 0.6) is 0 Å². The number of aromatic nitrogens is 3. The minimum absolute atomic E-state index is 0.0541. The highest BCUT2D eigenvalue weighted by molar-refractivity contribution is 8.01. The lowest BCUT2D eigenvalue weighted by Crippen LogP contribution is -2.58. The highest BCUT2D eigenvalue weighted by Gasteiger charge is 2.61. The van der Waals surface area contributed by atoms with Crippen LogP contribution in [0.25, 0.3) is 0 Å². The van der Waals surface area contributed by atoms with E-state index in [1.54, 1.807) is 0 Å². The number of fused-ring (bicyclic) bond motifs is 1. The topological polar surface area (TPSA) is 138 Å². The third kappa shape index (κ3) is 3.90. The van der Waals surface area contributed by atoms with E-state index in [1.807, 2.05) is 6.92 Å². The van der Waals surface area contributed by atoms with Crippen LogP contribution in [-0.2, 0) is 27.5 Å². The number of nitro groups is 1. The number of ketones is 1. The zero-order chi connectivity index (χ0) is 22.3. The Bertz CT molecular complexity index is 1070. The summed E-state index contributed by atoms with van der Waals surface area (Å²) in [7, 11) is 0. The molecule has 0 spiro atoms. The molecule has 0 saturated carbocycles. The van der Waals surface area contributed by atoms with Crippen molar-refractivity contribution in [1.29, 1.82) is 0 Å². The summed E-state index contributed by atoms with van der Waals surface area (Å²) in [4.78, 5) is 48.5. The molecule has 4 rings (SSSR count). The fraction of sp³-hybridized carbons (Fsp3) is 0.421. The molecule has 12 heteroatoms. The molecule has 3 heterocycles. The molecular formula is C19H19N5O6S. The van der Waals surface area contributed by atoms with Crippen molar-refractivity contribution in [1.82, 2.24) is 19.9 Å². The van der Waals surface area contributed by atoms with Crippen molar-refractivity contribution >= 4 is 35.1 Å². The number of esters is 1. The predicted molar refractivity (Wildman–Crippen MR) is 108 cm³/mol. The number of hydrogen-bond donors (Lipinski definition) is 0. The lowest BCUT2D eigenvalue weighted by atomic mass is 9.96. The molecule has 0 bridgehead atoms. The summed E-state index contributed by atoms with van der Waals surface area (Å²) in [5.41, 5.74) is 0.769. The normalized spacial score (nSPS) is 24.5. The Morgan fingerprint density at radius 3 is 2.65 bits per heavy atom. The lowest BCUT2D eigenvalue weighted by molar-refractivity contribution is -0.384. The number of amides is 1. The first kappa shape index (κ1) is 21.0. The van der Waals surface area contributed by atoms with Gasteiger partial charge in [0.05, 0.1) is 34.2 Å². The average Bonchev–Trinajstić information content (AvgIpc) is 3.27. The smallest absolute Gasteiger partial charge is 0.330 e. The highest BCUT2D eigenvalue weighted by Crippen LogP contribution is 2.52. The summed E-state index contributed by atoms with van der Waals surface area (Å²) >= 11 is 1.50. The van der Waals surface area contributed by atoms with E-state index in [0.717, 1.165) is 0 Å². The van der Waals surface area contributed by atoms with Crippen LogP contribution in [0.15, 0.2) is 30.5 Å². The second kappa shape index (κ2) is 7.76. The monoisotopic (exact) mass is 445 g/mol. The molecule has 162 valence electrons. The van der Waals surface area contributed by atoms with Gasteiger partial charge in [0.2, 0.25) is 5.91 Å². The van der Waals surface area contributed by atoms with E-state index in [4.69, 9.17) is 4.74 Å². The molecule has 2 fully saturated rings. The molecule has 1 amide bonds. The molecule has 11 nitrogen and oxygen atoms in total. The van der Waals surface area contributed by atoms with Crippen molar-refractivity contribution in [2.75, 3.05) is 0 Å². The highest BCUT2D eigenvalue weighted by atomic mass is 32.2. The molecule has 0 unspecified atom stereocenters. The van der Waals surface area contributed by atoms with Gasteiger partial charge in [0.25, 0.3) is 5.69 Å². The number of thioether (sulfide) groups is 1. The van der Waals surface area contributed by atoms with Gasteiger partial charge in [-0.2, -0.15) is 0 Å². The van der Waals surface area contributed by atoms with Crippen LogP contribution in [0.2, 0.25) is 0 Å². The first-order chi connectivity index (χ1) is 14.7. The van der Waals surface area contributed by atoms with Crippen LogP contribution in [0.1, 0.15) is 36.3 Å². The zero-order valence-electron chi connectivity index (χ0n) is 16.8. The van der Waals surface area contributed by atoms with Crippen molar-refractivity contribution in [2.24, 2.45) is 0 Å². The van der Waals surface area contributed by atoms with E-state index in [0.29, 0.717) is 12.0 Å². The fourth-order valence-corrected chi connectivity index (χ4v) is 5.52. The van der Waals surface area contributed by atoms with Crippen molar-refractivity contribution in [3.8, 4) is 0 Å². The molecule has 0 radical (unpaired) electrons. The number of benzene rings is 1. The molecule has 1 aromatic heterocycles. The Balaban J connectivity index is 1.50. The minimum Gasteiger partial charge on any atom is -0.459 e. The molecule has 2 aliphatic heterocycles. The van der Waals surface area contributed by atoms with Gasteiger partial charge in [-0.05, 0) is 24.6 Å². The van der Waals surface area contributed by atoms with E-state index >= 15 is 0 Å². The Labute approximate surface area is 180 Å². The summed E-state index contributed by atoms with van der Waals surface area (Å²) in [5, 5.41) is 18.4. The average molecular weight is 445 g/mol. The SMILES string of the molecule is CC(=O)c1cn(C[C@]2(C)S[C@@H]3CC(=O)N3[C@H]2C(=O)OCc2ccc([N+](=O)[O-])cc2)nn1. The third-order valence-electron chi connectivity index (χ3n) is 5.34. The number of non-ortho nitro benzene ring substituents is 1. The van der Waals surface area contributed by atoms with Gasteiger partial charge in [0.15, 0.2) is 5.78 Å². The largest absolute Gasteiger partial charge is 0.459 e. The molecule has 31 heavy (non-hydrogen) atoms. The quantitative estimate of drug-likeness (QED) is 0.204. The fourth-order valence-electron chi connectivity index (χ4n) is 3.77. The summed E-state index contributed by atoms with van der Waals surface area (Å²) in [6, 6.07) is 4.89. The molecule has 3 atom stereocenters. The second-order valence-corrected chi connectivity index (χ2v) is 9.39. The van der Waals surface area contributed by atoms with E-state index < -0.39 is 21.7 Å². The van der Waals surface area contributed by atoms with Gasteiger partial charge in [-0.3, -0.25) is 24.4 Å². The second-order valence-electron chi connectivity index (χ2n) is 7.68. The van der Waals surface area contributed by atoms with Gasteiger partial charge in [-0.25, -0.2) is 4.79 Å². The van der Waals surface area contributed by atoms with Crippen LogP contribution in [0.3, 0.4) is 0 Å². The van der Waals surface area contributed by atoms with Crippen LogP contribution in [-0.4, -0.2) is 58.6 Å². The summed E-state index contributed by atoms with van der Waals surface area (Å²) < 4.78 is 6.24. The first-order valence-electron chi connectivity index (χ1n) is 9.48. The van der Waals surface area contributed by atoms with Crippen molar-refractivity contribution < 1.29 is 24.0 Å². The van der Waals surface area contributed by atoms with Gasteiger partial charge in [0, 0.05) is 19.1 Å². The number of carbonyl (C=O) groups excluding carboxylic acids is 3. The zero-order valence-corrected chi connectivity index (χ0v) is 17.6. The number of nitrogens with zero attached hydrogens (tertiary/aromatic N) is 5. The maximum absolute atomic E-state index is 13.0. The molecule has 0 N–H and O–H groups in total. The van der Waals surface area contributed by atoms with E-state index in [2.05, 4.69) is 10.3 Å². The molecule has 0 aliphatic carbocycles. The maximum Gasteiger partial charge on any atom is 0.330 e. The Morgan fingerprint density at radius 1 is 1.35 bits per heavy atom. The van der Waals surface area contributed by atoms with E-state index in [1.165, 1.54) is 58.7 Å².